The first-order chi connectivity index (χ1) is 7.20. The van der Waals surface area contributed by atoms with Crippen molar-refractivity contribution >= 4 is 5.97 Å². The summed E-state index contributed by atoms with van der Waals surface area (Å²) in [7, 11) is 0. The van der Waals surface area contributed by atoms with Crippen LogP contribution in [0.15, 0.2) is 0 Å². The Kier molecular flexibility index (Phi) is 3.29. The lowest BCUT2D eigenvalue weighted by Crippen LogP contribution is -2.44. The van der Waals surface area contributed by atoms with Crippen molar-refractivity contribution in [1.82, 2.24) is 5.32 Å². The summed E-state index contributed by atoms with van der Waals surface area (Å²) in [6, 6.07) is -0.0452. The molecule has 0 amide bonds. The Morgan fingerprint density at radius 3 is 2.60 bits per heavy atom. The fourth-order valence-corrected chi connectivity index (χ4v) is 2.59. The molecule has 15 heavy (non-hydrogen) atoms. The van der Waals surface area contributed by atoms with Crippen LogP contribution in [0.4, 0.5) is 0 Å². The van der Waals surface area contributed by atoms with Gasteiger partial charge in [-0.25, -0.2) is 0 Å². The van der Waals surface area contributed by atoms with Crippen LogP contribution in [-0.4, -0.2) is 24.2 Å². The van der Waals surface area contributed by atoms with E-state index in [9.17, 15) is 4.79 Å². The quantitative estimate of drug-likeness (QED) is 0.710. The Labute approximate surface area is 91.6 Å². The lowest BCUT2D eigenvalue weighted by Gasteiger charge is -2.29. The van der Waals surface area contributed by atoms with Gasteiger partial charge in [0.15, 0.2) is 0 Å². The molecule has 86 valence electrons. The third kappa shape index (κ3) is 2.71. The number of esters is 1. The highest BCUT2D eigenvalue weighted by Gasteiger charge is 2.35. The smallest absolute Gasteiger partial charge is 0.323 e. The van der Waals surface area contributed by atoms with Crippen molar-refractivity contribution in [3.8, 4) is 0 Å². The first-order valence-electron chi connectivity index (χ1n) is 6.16. The van der Waals surface area contributed by atoms with Gasteiger partial charge in [0.2, 0.25) is 0 Å². The number of carbonyl (C=O) groups is 1. The molecule has 0 radical (unpaired) electrons. The van der Waals surface area contributed by atoms with Crippen LogP contribution in [0.1, 0.15) is 51.9 Å². The summed E-state index contributed by atoms with van der Waals surface area (Å²) in [4.78, 5) is 11.9. The maximum absolute atomic E-state index is 11.9. The largest absolute Gasteiger partial charge is 0.458 e. The van der Waals surface area contributed by atoms with Crippen molar-refractivity contribution in [3.63, 3.8) is 0 Å². The zero-order valence-electron chi connectivity index (χ0n) is 9.55. The number of carbonyl (C=O) groups excluding carboxylic acids is 1. The van der Waals surface area contributed by atoms with E-state index < -0.39 is 0 Å². The van der Waals surface area contributed by atoms with Gasteiger partial charge in [0.25, 0.3) is 0 Å². The van der Waals surface area contributed by atoms with Gasteiger partial charge in [-0.05, 0) is 52.0 Å². The molecule has 0 aromatic carbocycles. The highest BCUT2D eigenvalue weighted by molar-refractivity contribution is 5.76. The standard InChI is InChI=1S/C12H21NO2/c1-12(7-3-4-8-12)15-11(14)10-6-2-5-9-13-10/h10,13H,2-9H2,1H3. The number of hydrogen-bond donors (Lipinski definition) is 1. The van der Waals surface area contributed by atoms with Crippen LogP contribution in [-0.2, 0) is 9.53 Å². The highest BCUT2D eigenvalue weighted by Crippen LogP contribution is 2.33. The number of nitrogens with one attached hydrogen (secondary N) is 1. The maximum Gasteiger partial charge on any atom is 0.323 e. The van der Waals surface area contributed by atoms with E-state index >= 15 is 0 Å². The fourth-order valence-electron chi connectivity index (χ4n) is 2.59. The molecular weight excluding hydrogens is 190 g/mol. The number of hydrogen-bond acceptors (Lipinski definition) is 3. The Hall–Kier alpha value is -0.570. The fraction of sp³-hybridized carbons (Fsp3) is 0.917. The van der Waals surface area contributed by atoms with E-state index in [2.05, 4.69) is 12.2 Å². The second kappa shape index (κ2) is 4.52. The topological polar surface area (TPSA) is 38.3 Å². The monoisotopic (exact) mass is 211 g/mol. The third-order valence-electron chi connectivity index (χ3n) is 3.60. The molecule has 2 rings (SSSR count). The minimum Gasteiger partial charge on any atom is -0.458 e. The minimum absolute atomic E-state index is 0.0286. The van der Waals surface area contributed by atoms with Crippen LogP contribution >= 0.6 is 0 Å². The summed E-state index contributed by atoms with van der Waals surface area (Å²) in [6.45, 7) is 3.03. The molecule has 2 aliphatic rings. The Balaban J connectivity index is 1.85. The molecule has 0 spiro atoms. The predicted octanol–water partition coefficient (Wildman–Crippen LogP) is 2.00. The van der Waals surface area contributed by atoms with Gasteiger partial charge < -0.3 is 10.1 Å². The maximum atomic E-state index is 11.9. The van der Waals surface area contributed by atoms with Gasteiger partial charge in [0.05, 0.1) is 0 Å². The van der Waals surface area contributed by atoms with Crippen LogP contribution in [0.25, 0.3) is 0 Å². The molecule has 2 fully saturated rings. The van der Waals surface area contributed by atoms with Crippen LogP contribution in [0, 0.1) is 0 Å². The molecule has 3 nitrogen and oxygen atoms in total. The second-order valence-electron chi connectivity index (χ2n) is 5.08. The lowest BCUT2D eigenvalue weighted by atomic mass is 10.0. The van der Waals surface area contributed by atoms with E-state index in [1.54, 1.807) is 0 Å². The Bertz CT molecular complexity index is 228. The summed E-state index contributed by atoms with van der Waals surface area (Å²) in [5, 5.41) is 3.24. The molecule has 1 saturated heterocycles. The summed E-state index contributed by atoms with van der Waals surface area (Å²) in [5.74, 6) is -0.0286. The molecule has 1 unspecified atom stereocenters. The van der Waals surface area contributed by atoms with Crippen LogP contribution < -0.4 is 5.32 Å². The molecule has 1 aliphatic carbocycles. The molecule has 1 N–H and O–H groups in total. The van der Waals surface area contributed by atoms with Gasteiger partial charge in [-0.2, -0.15) is 0 Å². The number of ether oxygens (including phenoxy) is 1. The van der Waals surface area contributed by atoms with Gasteiger partial charge in [-0.1, -0.05) is 6.42 Å². The van der Waals surface area contributed by atoms with Crippen molar-refractivity contribution in [2.24, 2.45) is 0 Å². The molecule has 0 bridgehead atoms. The third-order valence-corrected chi connectivity index (χ3v) is 3.60. The van der Waals surface area contributed by atoms with E-state index in [0.29, 0.717) is 0 Å². The molecule has 1 saturated carbocycles. The van der Waals surface area contributed by atoms with Gasteiger partial charge in [-0.3, -0.25) is 4.79 Å². The Morgan fingerprint density at radius 2 is 2.00 bits per heavy atom. The number of rotatable bonds is 2. The summed E-state index contributed by atoms with van der Waals surface area (Å²) >= 11 is 0. The summed E-state index contributed by atoms with van der Waals surface area (Å²) in [5.41, 5.74) is -0.170. The minimum atomic E-state index is -0.170. The lowest BCUT2D eigenvalue weighted by molar-refractivity contribution is -0.160. The van der Waals surface area contributed by atoms with E-state index in [1.807, 2.05) is 0 Å². The highest BCUT2D eigenvalue weighted by atomic mass is 16.6. The van der Waals surface area contributed by atoms with Gasteiger partial charge >= 0.3 is 5.97 Å². The second-order valence-corrected chi connectivity index (χ2v) is 5.08. The van der Waals surface area contributed by atoms with Crippen molar-refractivity contribution in [2.45, 2.75) is 63.5 Å². The molecule has 1 aliphatic heterocycles. The summed E-state index contributed by atoms with van der Waals surface area (Å²) < 4.78 is 5.64. The van der Waals surface area contributed by atoms with Gasteiger partial charge in [0, 0.05) is 0 Å². The van der Waals surface area contributed by atoms with E-state index in [1.165, 1.54) is 19.3 Å². The molecule has 1 heterocycles. The van der Waals surface area contributed by atoms with Crippen molar-refractivity contribution in [1.29, 1.82) is 0 Å². The van der Waals surface area contributed by atoms with Crippen LogP contribution in [0.3, 0.4) is 0 Å². The van der Waals surface area contributed by atoms with E-state index in [0.717, 1.165) is 32.2 Å². The molecular formula is C12H21NO2. The molecule has 1 atom stereocenters. The number of piperidine rings is 1. The van der Waals surface area contributed by atoms with Crippen molar-refractivity contribution in [2.75, 3.05) is 6.54 Å². The van der Waals surface area contributed by atoms with Gasteiger partial charge in [0.1, 0.15) is 11.6 Å². The molecule has 0 aromatic heterocycles. The average molecular weight is 211 g/mol. The van der Waals surface area contributed by atoms with Crippen LogP contribution in [0.5, 0.6) is 0 Å². The average Bonchev–Trinajstić information content (AvgIpc) is 2.66. The predicted molar refractivity (Wildman–Crippen MR) is 58.6 cm³/mol. The van der Waals surface area contributed by atoms with Crippen molar-refractivity contribution < 1.29 is 9.53 Å². The van der Waals surface area contributed by atoms with Crippen LogP contribution in [0.2, 0.25) is 0 Å². The van der Waals surface area contributed by atoms with Crippen molar-refractivity contribution in [3.05, 3.63) is 0 Å². The zero-order valence-corrected chi connectivity index (χ0v) is 9.55. The van der Waals surface area contributed by atoms with E-state index in [-0.39, 0.29) is 17.6 Å². The first kappa shape index (κ1) is 10.9. The molecule has 3 heteroatoms. The Morgan fingerprint density at radius 1 is 1.27 bits per heavy atom. The summed E-state index contributed by atoms with van der Waals surface area (Å²) in [6.07, 6.45) is 7.72. The van der Waals surface area contributed by atoms with E-state index in [4.69, 9.17) is 4.74 Å². The SMILES string of the molecule is CC1(OC(=O)C2CCCCN2)CCCC1. The van der Waals surface area contributed by atoms with Gasteiger partial charge in [-0.15, -0.1) is 0 Å². The zero-order chi connectivity index (χ0) is 10.7. The normalized spacial score (nSPS) is 30.1. The first-order valence-corrected chi connectivity index (χ1v) is 6.16. The molecule has 0 aromatic rings.